The van der Waals surface area contributed by atoms with Crippen LogP contribution >= 0.6 is 11.3 Å². The molecule has 0 amide bonds. The van der Waals surface area contributed by atoms with E-state index in [-0.39, 0.29) is 5.41 Å². The summed E-state index contributed by atoms with van der Waals surface area (Å²) in [4.78, 5) is 5.73. The molecule has 2 aliphatic rings. The Hall–Kier alpha value is -0.410. The molecule has 0 aliphatic heterocycles. The zero-order valence-corrected chi connectivity index (χ0v) is 11.3. The molecule has 0 spiro atoms. The summed E-state index contributed by atoms with van der Waals surface area (Å²) in [6, 6.07) is 0. The van der Waals surface area contributed by atoms with Gasteiger partial charge in [-0.1, -0.05) is 6.42 Å². The van der Waals surface area contributed by atoms with Crippen molar-refractivity contribution >= 4 is 11.3 Å². The van der Waals surface area contributed by atoms with E-state index in [4.69, 9.17) is 0 Å². The molecule has 3 heteroatoms. The Bertz CT molecular complexity index is 403. The third-order valence-electron chi connectivity index (χ3n) is 5.11. The van der Waals surface area contributed by atoms with Crippen molar-refractivity contribution in [3.05, 3.63) is 16.1 Å². The van der Waals surface area contributed by atoms with Crippen LogP contribution in [-0.4, -0.2) is 16.7 Å². The first-order valence-electron chi connectivity index (χ1n) is 6.73. The quantitative estimate of drug-likeness (QED) is 0.891. The van der Waals surface area contributed by atoms with Gasteiger partial charge in [-0.3, -0.25) is 0 Å². The second-order valence-electron chi connectivity index (χ2n) is 5.96. The fraction of sp³-hybridized carbons (Fsp3) is 0.786. The summed E-state index contributed by atoms with van der Waals surface area (Å²) in [6.45, 7) is 2.49. The van der Waals surface area contributed by atoms with Gasteiger partial charge in [0.05, 0.1) is 11.2 Å². The van der Waals surface area contributed by atoms with Crippen molar-refractivity contribution in [3.63, 3.8) is 0 Å². The van der Waals surface area contributed by atoms with Gasteiger partial charge in [0.25, 0.3) is 0 Å². The lowest BCUT2D eigenvalue weighted by Gasteiger charge is -2.36. The Kier molecular flexibility index (Phi) is 2.99. The Labute approximate surface area is 107 Å². The van der Waals surface area contributed by atoms with Crippen molar-refractivity contribution in [3.8, 4) is 0 Å². The molecule has 0 aromatic carbocycles. The van der Waals surface area contributed by atoms with E-state index in [2.05, 4.69) is 11.9 Å². The minimum absolute atomic E-state index is 0.249. The van der Waals surface area contributed by atoms with Gasteiger partial charge >= 0.3 is 0 Å². The number of aromatic nitrogens is 1. The van der Waals surface area contributed by atoms with Crippen LogP contribution in [0.1, 0.15) is 42.7 Å². The van der Waals surface area contributed by atoms with E-state index in [9.17, 15) is 5.11 Å². The normalized spacial score (nSPS) is 35.6. The molecule has 2 saturated carbocycles. The molecule has 1 heterocycles. The van der Waals surface area contributed by atoms with Crippen molar-refractivity contribution in [1.29, 1.82) is 0 Å². The number of fused-ring (bicyclic) bond motifs is 2. The van der Waals surface area contributed by atoms with Crippen LogP contribution in [0.4, 0.5) is 0 Å². The number of aliphatic hydroxyl groups excluding tert-OH is 1. The maximum Gasteiger partial charge on any atom is 0.0797 e. The predicted molar refractivity (Wildman–Crippen MR) is 70.1 cm³/mol. The van der Waals surface area contributed by atoms with Gasteiger partial charge in [-0.2, -0.15) is 0 Å². The summed E-state index contributed by atoms with van der Waals surface area (Å²) in [5.74, 6) is 1.71. The molecule has 2 bridgehead atoms. The van der Waals surface area contributed by atoms with E-state index in [1.165, 1.54) is 36.3 Å². The second-order valence-corrected chi connectivity index (χ2v) is 6.90. The molecular formula is C14H21NOS. The summed E-state index contributed by atoms with van der Waals surface area (Å²) < 4.78 is 0. The largest absolute Gasteiger partial charge is 0.396 e. The van der Waals surface area contributed by atoms with Crippen molar-refractivity contribution in [2.45, 2.75) is 45.4 Å². The first-order chi connectivity index (χ1) is 8.23. The lowest BCUT2D eigenvalue weighted by atomic mass is 9.70. The topological polar surface area (TPSA) is 33.1 Å². The van der Waals surface area contributed by atoms with E-state index >= 15 is 0 Å². The van der Waals surface area contributed by atoms with E-state index in [1.807, 2.05) is 5.51 Å². The lowest BCUT2D eigenvalue weighted by molar-refractivity contribution is 0.0567. The molecule has 3 rings (SSSR count). The van der Waals surface area contributed by atoms with Crippen LogP contribution in [0.15, 0.2) is 5.51 Å². The fourth-order valence-electron chi connectivity index (χ4n) is 4.07. The average Bonchev–Trinajstić information content (AvgIpc) is 3.02. The van der Waals surface area contributed by atoms with E-state index in [1.54, 1.807) is 11.3 Å². The van der Waals surface area contributed by atoms with Gasteiger partial charge < -0.3 is 5.11 Å². The van der Waals surface area contributed by atoms with Crippen LogP contribution in [-0.2, 0) is 6.42 Å². The first kappa shape index (κ1) is 11.7. The third kappa shape index (κ3) is 1.93. The molecule has 1 N–H and O–H groups in total. The highest BCUT2D eigenvalue weighted by molar-refractivity contribution is 7.09. The average molecular weight is 251 g/mol. The van der Waals surface area contributed by atoms with Gasteiger partial charge in [0.1, 0.15) is 0 Å². The van der Waals surface area contributed by atoms with Crippen molar-refractivity contribution in [1.82, 2.24) is 4.98 Å². The van der Waals surface area contributed by atoms with Crippen molar-refractivity contribution in [2.24, 2.45) is 17.3 Å². The number of thiazole rings is 1. The molecule has 17 heavy (non-hydrogen) atoms. The Morgan fingerprint density at radius 2 is 2.41 bits per heavy atom. The molecule has 1 aromatic heterocycles. The van der Waals surface area contributed by atoms with Gasteiger partial charge in [0, 0.05) is 11.5 Å². The van der Waals surface area contributed by atoms with Crippen molar-refractivity contribution in [2.75, 3.05) is 6.61 Å². The zero-order chi connectivity index (χ0) is 11.9. The van der Waals surface area contributed by atoms with Crippen LogP contribution < -0.4 is 0 Å². The highest BCUT2D eigenvalue weighted by atomic mass is 32.1. The van der Waals surface area contributed by atoms with Gasteiger partial charge in [0.2, 0.25) is 0 Å². The van der Waals surface area contributed by atoms with Gasteiger partial charge in [-0.25, -0.2) is 4.98 Å². The molecule has 94 valence electrons. The summed E-state index contributed by atoms with van der Waals surface area (Å²) >= 11 is 1.77. The van der Waals surface area contributed by atoms with Gasteiger partial charge in [0.15, 0.2) is 0 Å². The number of hydrogen-bond acceptors (Lipinski definition) is 3. The maximum atomic E-state index is 9.82. The van der Waals surface area contributed by atoms with E-state index < -0.39 is 0 Å². The molecular weight excluding hydrogens is 230 g/mol. The fourth-order valence-corrected chi connectivity index (χ4v) is 4.85. The van der Waals surface area contributed by atoms with Crippen LogP contribution in [0.25, 0.3) is 0 Å². The summed E-state index contributed by atoms with van der Waals surface area (Å²) in [6.07, 6.45) is 7.68. The lowest BCUT2D eigenvalue weighted by Crippen LogP contribution is -2.32. The standard InChI is InChI=1S/C14H21NOS/c1-10-13(17-9-15-10)4-5-14(8-16)7-11-2-3-12(14)6-11/h9,11-12,16H,2-8H2,1H3. The molecule has 2 fully saturated rings. The smallest absolute Gasteiger partial charge is 0.0797 e. The molecule has 2 aliphatic carbocycles. The number of rotatable bonds is 4. The third-order valence-corrected chi connectivity index (χ3v) is 6.11. The van der Waals surface area contributed by atoms with Gasteiger partial charge in [-0.05, 0) is 56.3 Å². The summed E-state index contributed by atoms with van der Waals surface area (Å²) in [7, 11) is 0. The molecule has 2 nitrogen and oxygen atoms in total. The first-order valence-corrected chi connectivity index (χ1v) is 7.61. The minimum Gasteiger partial charge on any atom is -0.396 e. The Morgan fingerprint density at radius 3 is 2.94 bits per heavy atom. The highest BCUT2D eigenvalue weighted by Crippen LogP contribution is 2.57. The van der Waals surface area contributed by atoms with Gasteiger partial charge in [-0.15, -0.1) is 11.3 Å². The Morgan fingerprint density at radius 1 is 1.53 bits per heavy atom. The molecule has 3 atom stereocenters. The van der Waals surface area contributed by atoms with E-state index in [0.29, 0.717) is 6.61 Å². The predicted octanol–water partition coefficient (Wildman–Crippen LogP) is 3.18. The molecule has 3 unspecified atom stereocenters. The maximum absolute atomic E-state index is 9.82. The Balaban J connectivity index is 1.69. The zero-order valence-electron chi connectivity index (χ0n) is 10.5. The summed E-state index contributed by atoms with van der Waals surface area (Å²) in [5.41, 5.74) is 3.38. The van der Waals surface area contributed by atoms with Crippen LogP contribution in [0.3, 0.4) is 0 Å². The molecule has 1 aromatic rings. The van der Waals surface area contributed by atoms with Crippen molar-refractivity contribution < 1.29 is 5.11 Å². The number of aryl methyl sites for hydroxylation is 2. The molecule has 0 saturated heterocycles. The van der Waals surface area contributed by atoms with Crippen LogP contribution in [0, 0.1) is 24.2 Å². The molecule has 0 radical (unpaired) electrons. The van der Waals surface area contributed by atoms with Crippen LogP contribution in [0.5, 0.6) is 0 Å². The van der Waals surface area contributed by atoms with Crippen LogP contribution in [0.2, 0.25) is 0 Å². The summed E-state index contributed by atoms with van der Waals surface area (Å²) in [5, 5.41) is 9.82. The highest BCUT2D eigenvalue weighted by Gasteiger charge is 2.49. The number of aliphatic hydroxyl groups is 1. The monoisotopic (exact) mass is 251 g/mol. The second kappa shape index (κ2) is 4.36. The minimum atomic E-state index is 0.249. The number of nitrogens with zero attached hydrogens (tertiary/aromatic N) is 1. The van der Waals surface area contributed by atoms with E-state index in [0.717, 1.165) is 24.7 Å². The SMILES string of the molecule is Cc1ncsc1CCC1(CO)CC2CCC1C2. The number of hydrogen-bond donors (Lipinski definition) is 1.